The number of nitrogens with one attached hydrogen (secondary N) is 1. The third kappa shape index (κ3) is 3.09. The Morgan fingerprint density at radius 2 is 1.94 bits per heavy atom. The lowest BCUT2D eigenvalue weighted by atomic mass is 10.2. The van der Waals surface area contributed by atoms with Gasteiger partial charge in [-0.3, -0.25) is 10.0 Å². The number of carbonyl (C=O) groups excluding carboxylic acids is 1. The molecule has 0 aliphatic rings. The maximum atomic E-state index is 10.8. The van der Waals surface area contributed by atoms with Crippen LogP contribution in [0, 0.1) is 0 Å². The Labute approximate surface area is 112 Å². The first-order valence-electron chi connectivity index (χ1n) is 5.17. The molecule has 0 radical (unpaired) electrons. The first-order chi connectivity index (χ1) is 8.69. The Kier molecular flexibility index (Phi) is 3.96. The molecule has 0 bridgehead atoms. The molecule has 0 aliphatic carbocycles. The number of hydrogen-bond donors (Lipinski definition) is 2. The molecule has 1 aromatic heterocycles. The molecule has 1 aromatic carbocycles. The summed E-state index contributed by atoms with van der Waals surface area (Å²) in [5.41, 5.74) is 2.46. The zero-order valence-corrected chi connectivity index (χ0v) is 10.8. The number of carbonyl (C=O) groups is 1. The predicted octanol–water partition coefficient (Wildman–Crippen LogP) is 3.23. The van der Waals surface area contributed by atoms with Crippen molar-refractivity contribution < 1.29 is 14.4 Å². The SMILES string of the molecule is O=C(/C=C/c1ccc(-c2ccc(Br)cc2)o1)NO. The fourth-order valence-electron chi connectivity index (χ4n) is 1.41. The van der Waals surface area contributed by atoms with Gasteiger partial charge < -0.3 is 4.42 Å². The molecule has 18 heavy (non-hydrogen) atoms. The molecule has 2 aromatic rings. The van der Waals surface area contributed by atoms with Gasteiger partial charge in [0.15, 0.2) is 0 Å². The summed E-state index contributed by atoms with van der Waals surface area (Å²) in [6, 6.07) is 11.3. The van der Waals surface area contributed by atoms with Gasteiger partial charge in [-0.15, -0.1) is 0 Å². The first kappa shape index (κ1) is 12.6. The molecule has 0 saturated carbocycles. The Bertz CT molecular complexity index is 572. The number of hydroxylamine groups is 1. The van der Waals surface area contributed by atoms with Crippen LogP contribution < -0.4 is 5.48 Å². The molecule has 2 rings (SSSR count). The molecule has 2 N–H and O–H groups in total. The Morgan fingerprint density at radius 3 is 2.61 bits per heavy atom. The molecule has 0 fully saturated rings. The van der Waals surface area contributed by atoms with Crippen molar-refractivity contribution >= 4 is 27.9 Å². The number of amides is 1. The summed E-state index contributed by atoms with van der Waals surface area (Å²) in [6.45, 7) is 0. The highest BCUT2D eigenvalue weighted by molar-refractivity contribution is 9.10. The number of halogens is 1. The van der Waals surface area contributed by atoms with E-state index in [2.05, 4.69) is 15.9 Å². The van der Waals surface area contributed by atoms with E-state index < -0.39 is 5.91 Å². The van der Waals surface area contributed by atoms with Gasteiger partial charge in [-0.1, -0.05) is 28.1 Å². The topological polar surface area (TPSA) is 62.5 Å². The quantitative estimate of drug-likeness (QED) is 0.520. The maximum absolute atomic E-state index is 10.8. The van der Waals surface area contributed by atoms with E-state index in [1.165, 1.54) is 17.6 Å². The average Bonchev–Trinajstić information content (AvgIpc) is 2.85. The minimum atomic E-state index is -0.600. The molecular weight excluding hydrogens is 298 g/mol. The van der Waals surface area contributed by atoms with Crippen molar-refractivity contribution in [1.82, 2.24) is 5.48 Å². The van der Waals surface area contributed by atoms with Crippen LogP contribution in [0.15, 0.2) is 51.4 Å². The minimum absolute atomic E-state index is 0.538. The summed E-state index contributed by atoms with van der Waals surface area (Å²) in [5, 5.41) is 8.34. The summed E-state index contributed by atoms with van der Waals surface area (Å²) in [5.74, 6) is 0.652. The molecule has 0 unspecified atom stereocenters. The van der Waals surface area contributed by atoms with Crippen LogP contribution >= 0.6 is 15.9 Å². The lowest BCUT2D eigenvalue weighted by Crippen LogP contribution is -2.14. The van der Waals surface area contributed by atoms with Gasteiger partial charge >= 0.3 is 0 Å². The summed E-state index contributed by atoms with van der Waals surface area (Å²) >= 11 is 3.36. The highest BCUT2D eigenvalue weighted by Crippen LogP contribution is 2.24. The molecule has 0 atom stereocenters. The van der Waals surface area contributed by atoms with Gasteiger partial charge in [0.25, 0.3) is 5.91 Å². The lowest BCUT2D eigenvalue weighted by molar-refractivity contribution is -0.124. The fraction of sp³-hybridized carbons (Fsp3) is 0. The molecule has 5 heteroatoms. The summed E-state index contributed by atoms with van der Waals surface area (Å²) in [4.78, 5) is 10.8. The Hall–Kier alpha value is -1.85. The molecule has 0 aliphatic heterocycles. The summed E-state index contributed by atoms with van der Waals surface area (Å²) in [7, 11) is 0. The van der Waals surface area contributed by atoms with Crippen molar-refractivity contribution in [1.29, 1.82) is 0 Å². The number of hydrogen-bond acceptors (Lipinski definition) is 3. The molecular formula is C13H10BrNO3. The van der Waals surface area contributed by atoms with E-state index in [1.54, 1.807) is 6.07 Å². The third-order valence-corrected chi connectivity index (χ3v) is 2.79. The molecule has 0 saturated heterocycles. The second-order valence-corrected chi connectivity index (χ2v) is 4.43. The van der Waals surface area contributed by atoms with Gasteiger partial charge in [-0.2, -0.15) is 0 Å². The van der Waals surface area contributed by atoms with Gasteiger partial charge in [0.2, 0.25) is 0 Å². The average molecular weight is 308 g/mol. The highest BCUT2D eigenvalue weighted by atomic mass is 79.9. The standard InChI is InChI=1S/C13H10BrNO3/c14-10-3-1-9(2-4-10)12-7-5-11(18-12)6-8-13(16)15-17/h1-8,17H,(H,15,16)/b8-6+. The second kappa shape index (κ2) is 5.66. The Morgan fingerprint density at radius 1 is 1.22 bits per heavy atom. The lowest BCUT2D eigenvalue weighted by Gasteiger charge is -1.96. The van der Waals surface area contributed by atoms with Crippen molar-refractivity contribution in [3.8, 4) is 11.3 Å². The highest BCUT2D eigenvalue weighted by Gasteiger charge is 2.03. The van der Waals surface area contributed by atoms with Crippen LogP contribution in [-0.4, -0.2) is 11.1 Å². The normalized spacial score (nSPS) is 10.8. The molecule has 1 heterocycles. The molecule has 4 nitrogen and oxygen atoms in total. The molecule has 92 valence electrons. The molecule has 1 amide bonds. The minimum Gasteiger partial charge on any atom is -0.457 e. The largest absolute Gasteiger partial charge is 0.457 e. The van der Waals surface area contributed by atoms with Crippen molar-refractivity contribution in [2.45, 2.75) is 0 Å². The van der Waals surface area contributed by atoms with Crippen molar-refractivity contribution in [2.24, 2.45) is 0 Å². The Balaban J connectivity index is 2.18. The third-order valence-electron chi connectivity index (χ3n) is 2.26. The number of furan rings is 1. The second-order valence-electron chi connectivity index (χ2n) is 3.52. The van der Waals surface area contributed by atoms with Gasteiger partial charge in [-0.25, -0.2) is 5.48 Å². The van der Waals surface area contributed by atoms with Crippen molar-refractivity contribution in [2.75, 3.05) is 0 Å². The van der Waals surface area contributed by atoms with Crippen LogP contribution in [0.3, 0.4) is 0 Å². The number of benzene rings is 1. The van der Waals surface area contributed by atoms with Gasteiger partial charge in [0.05, 0.1) is 0 Å². The van der Waals surface area contributed by atoms with E-state index in [9.17, 15) is 4.79 Å². The van der Waals surface area contributed by atoms with E-state index in [0.717, 1.165) is 10.0 Å². The maximum Gasteiger partial charge on any atom is 0.267 e. The van der Waals surface area contributed by atoms with E-state index >= 15 is 0 Å². The van der Waals surface area contributed by atoms with Crippen LogP contribution in [0.5, 0.6) is 0 Å². The van der Waals surface area contributed by atoms with E-state index in [-0.39, 0.29) is 0 Å². The molecule has 0 spiro atoms. The van der Waals surface area contributed by atoms with Crippen LogP contribution in [-0.2, 0) is 4.79 Å². The van der Waals surface area contributed by atoms with Crippen LogP contribution in [0.2, 0.25) is 0 Å². The van der Waals surface area contributed by atoms with Crippen molar-refractivity contribution in [3.05, 3.63) is 52.7 Å². The van der Waals surface area contributed by atoms with E-state index in [1.807, 2.05) is 30.3 Å². The summed E-state index contributed by atoms with van der Waals surface area (Å²) < 4.78 is 6.54. The van der Waals surface area contributed by atoms with Crippen LogP contribution in [0.4, 0.5) is 0 Å². The van der Waals surface area contributed by atoms with Gasteiger partial charge in [-0.05, 0) is 30.3 Å². The summed E-state index contributed by atoms with van der Waals surface area (Å²) in [6.07, 6.45) is 2.66. The predicted molar refractivity (Wildman–Crippen MR) is 70.8 cm³/mol. The number of rotatable bonds is 3. The van der Waals surface area contributed by atoms with Crippen LogP contribution in [0.1, 0.15) is 5.76 Å². The fourth-order valence-corrected chi connectivity index (χ4v) is 1.67. The van der Waals surface area contributed by atoms with Gasteiger partial charge in [0.1, 0.15) is 11.5 Å². The van der Waals surface area contributed by atoms with E-state index in [0.29, 0.717) is 11.5 Å². The first-order valence-corrected chi connectivity index (χ1v) is 5.96. The zero-order valence-electron chi connectivity index (χ0n) is 9.26. The van der Waals surface area contributed by atoms with Gasteiger partial charge in [0, 0.05) is 16.1 Å². The zero-order chi connectivity index (χ0) is 13.0. The van der Waals surface area contributed by atoms with Crippen LogP contribution in [0.25, 0.3) is 17.4 Å². The smallest absolute Gasteiger partial charge is 0.267 e. The van der Waals surface area contributed by atoms with Crippen molar-refractivity contribution in [3.63, 3.8) is 0 Å². The monoisotopic (exact) mass is 307 g/mol. The van der Waals surface area contributed by atoms with E-state index in [4.69, 9.17) is 9.62 Å².